The molecule has 2 unspecified atom stereocenters. The maximum Gasteiger partial charge on any atom is 0.217 e. The van der Waals surface area contributed by atoms with Gasteiger partial charge >= 0.3 is 0 Å². The van der Waals surface area contributed by atoms with Gasteiger partial charge in [0.15, 0.2) is 0 Å². The number of ether oxygens (including phenoxy) is 1. The minimum atomic E-state index is -1.08. The molecule has 0 saturated carbocycles. The fourth-order valence-electron chi connectivity index (χ4n) is 5.08. The molecule has 0 fully saturated rings. The summed E-state index contributed by atoms with van der Waals surface area (Å²) >= 11 is 10.00. The van der Waals surface area contributed by atoms with Crippen LogP contribution in [0.3, 0.4) is 0 Å². The van der Waals surface area contributed by atoms with Crippen LogP contribution in [0.25, 0.3) is 10.9 Å². The SMILES string of the molecule is COc1nc2ccc(Br)cc2cc1C(c1cccc(Cl)c1)C1(O)CCN=C(Cc2ccccc2)C1. The van der Waals surface area contributed by atoms with E-state index in [4.69, 9.17) is 26.3 Å². The number of aliphatic imine (C=N–C) groups is 1. The van der Waals surface area contributed by atoms with Gasteiger partial charge in [-0.1, -0.05) is 70.0 Å². The zero-order chi connectivity index (χ0) is 24.4. The summed E-state index contributed by atoms with van der Waals surface area (Å²) in [5.74, 6) is 0.110. The van der Waals surface area contributed by atoms with Crippen molar-refractivity contribution in [3.63, 3.8) is 0 Å². The van der Waals surface area contributed by atoms with Crippen molar-refractivity contribution in [1.82, 2.24) is 4.98 Å². The molecule has 1 N–H and O–H groups in total. The second-order valence-corrected chi connectivity index (χ2v) is 10.4. The van der Waals surface area contributed by atoms with Crippen molar-refractivity contribution in [1.29, 1.82) is 0 Å². The largest absolute Gasteiger partial charge is 0.481 e. The summed E-state index contributed by atoms with van der Waals surface area (Å²) < 4.78 is 6.75. The molecular formula is C29H26BrClN2O2. The van der Waals surface area contributed by atoms with Gasteiger partial charge in [-0.3, -0.25) is 4.99 Å². The van der Waals surface area contributed by atoms with Crippen LogP contribution in [0.5, 0.6) is 5.88 Å². The Morgan fingerprint density at radius 1 is 1.06 bits per heavy atom. The Morgan fingerprint density at radius 3 is 2.66 bits per heavy atom. The molecule has 2 heterocycles. The number of methoxy groups -OCH3 is 1. The molecule has 0 amide bonds. The van der Waals surface area contributed by atoms with Crippen LogP contribution in [-0.2, 0) is 6.42 Å². The number of pyridine rings is 1. The van der Waals surface area contributed by atoms with Crippen LogP contribution in [0.15, 0.2) is 88.3 Å². The highest BCUT2D eigenvalue weighted by Crippen LogP contribution is 2.45. The second-order valence-electron chi connectivity index (χ2n) is 9.05. The van der Waals surface area contributed by atoms with E-state index in [9.17, 15) is 5.11 Å². The van der Waals surface area contributed by atoms with Gasteiger partial charge in [0.05, 0.1) is 18.2 Å². The van der Waals surface area contributed by atoms with E-state index in [0.29, 0.717) is 36.7 Å². The Bertz CT molecular complexity index is 1390. The summed E-state index contributed by atoms with van der Waals surface area (Å²) in [5.41, 5.74) is 3.70. The number of hydrogen-bond acceptors (Lipinski definition) is 4. The molecule has 3 aromatic carbocycles. The van der Waals surface area contributed by atoms with Crippen LogP contribution in [0, 0.1) is 0 Å². The Morgan fingerprint density at radius 2 is 1.89 bits per heavy atom. The molecule has 0 saturated heterocycles. The van der Waals surface area contributed by atoms with Crippen molar-refractivity contribution in [3.8, 4) is 5.88 Å². The first kappa shape index (κ1) is 24.0. The van der Waals surface area contributed by atoms with E-state index >= 15 is 0 Å². The predicted octanol–water partition coefficient (Wildman–Crippen LogP) is 7.00. The number of benzene rings is 3. The van der Waals surface area contributed by atoms with Crippen molar-refractivity contribution < 1.29 is 9.84 Å². The molecule has 4 nitrogen and oxygen atoms in total. The van der Waals surface area contributed by atoms with Crippen LogP contribution >= 0.6 is 27.5 Å². The van der Waals surface area contributed by atoms with E-state index < -0.39 is 11.5 Å². The quantitative estimate of drug-likeness (QED) is 0.282. The zero-order valence-corrected chi connectivity index (χ0v) is 21.8. The average Bonchev–Trinajstić information content (AvgIpc) is 2.84. The highest BCUT2D eigenvalue weighted by molar-refractivity contribution is 9.10. The Hall–Kier alpha value is -2.73. The first-order valence-corrected chi connectivity index (χ1v) is 12.8. The summed E-state index contributed by atoms with van der Waals surface area (Å²) in [7, 11) is 1.62. The van der Waals surface area contributed by atoms with Crippen LogP contribution < -0.4 is 4.74 Å². The smallest absolute Gasteiger partial charge is 0.217 e. The lowest BCUT2D eigenvalue weighted by molar-refractivity contribution is 0.0197. The van der Waals surface area contributed by atoms with Gasteiger partial charge in [0.2, 0.25) is 5.88 Å². The first-order valence-electron chi connectivity index (χ1n) is 11.6. The number of aromatic nitrogens is 1. The summed E-state index contributed by atoms with van der Waals surface area (Å²) in [5, 5.41) is 13.9. The molecule has 6 heteroatoms. The number of fused-ring (bicyclic) bond motifs is 1. The van der Waals surface area contributed by atoms with Crippen LogP contribution in [0.2, 0.25) is 5.02 Å². The summed E-state index contributed by atoms with van der Waals surface area (Å²) in [6.07, 6.45) is 1.70. The van der Waals surface area contributed by atoms with E-state index in [1.807, 2.05) is 60.7 Å². The van der Waals surface area contributed by atoms with Crippen LogP contribution in [0.1, 0.15) is 35.4 Å². The molecule has 1 aliphatic rings. The predicted molar refractivity (Wildman–Crippen MR) is 146 cm³/mol. The molecule has 178 valence electrons. The van der Waals surface area contributed by atoms with Crippen molar-refractivity contribution in [2.24, 2.45) is 4.99 Å². The van der Waals surface area contributed by atoms with Gasteiger partial charge in [0, 0.05) is 51.5 Å². The van der Waals surface area contributed by atoms with E-state index in [2.05, 4.69) is 34.1 Å². The van der Waals surface area contributed by atoms with Crippen LogP contribution in [0.4, 0.5) is 0 Å². The molecule has 1 aromatic heterocycles. The molecule has 4 aromatic rings. The van der Waals surface area contributed by atoms with E-state index in [1.54, 1.807) is 7.11 Å². The fraction of sp³-hybridized carbons (Fsp3) is 0.241. The topological polar surface area (TPSA) is 54.7 Å². The zero-order valence-electron chi connectivity index (χ0n) is 19.4. The highest BCUT2D eigenvalue weighted by atomic mass is 79.9. The maximum atomic E-state index is 12.3. The van der Waals surface area contributed by atoms with Crippen molar-refractivity contribution >= 4 is 44.1 Å². The van der Waals surface area contributed by atoms with Crippen LogP contribution in [-0.4, -0.2) is 35.1 Å². The third-order valence-corrected chi connectivity index (χ3v) is 7.36. The lowest BCUT2D eigenvalue weighted by atomic mass is 9.71. The maximum absolute atomic E-state index is 12.3. The number of nitrogens with zero attached hydrogens (tertiary/aromatic N) is 2. The third-order valence-electron chi connectivity index (χ3n) is 6.63. The molecule has 0 bridgehead atoms. The normalized spacial score (nSPS) is 18.8. The molecular weight excluding hydrogens is 524 g/mol. The molecule has 35 heavy (non-hydrogen) atoms. The minimum absolute atomic E-state index is 0.395. The summed E-state index contributed by atoms with van der Waals surface area (Å²) in [4.78, 5) is 9.59. The molecule has 0 aliphatic carbocycles. The van der Waals surface area contributed by atoms with Crippen molar-refractivity contribution in [2.75, 3.05) is 13.7 Å². The van der Waals surface area contributed by atoms with Gasteiger partial charge < -0.3 is 9.84 Å². The standard InChI is InChI=1S/C29H26BrClN2O2/c1-35-28-25(17-21-15-22(30)10-11-26(21)33-28)27(20-8-5-9-23(31)16-20)29(34)12-13-32-24(18-29)14-19-6-3-2-4-7-19/h2-11,15-17,27,34H,12-14,18H2,1H3. The number of hydrogen-bond donors (Lipinski definition) is 1. The van der Waals surface area contributed by atoms with Gasteiger partial charge in [-0.25, -0.2) is 4.98 Å². The fourth-order valence-corrected chi connectivity index (χ4v) is 5.66. The average molecular weight is 550 g/mol. The van der Waals surface area contributed by atoms with E-state index in [1.165, 1.54) is 5.56 Å². The molecule has 1 aliphatic heterocycles. The number of rotatable bonds is 6. The molecule has 2 atom stereocenters. The van der Waals surface area contributed by atoms with Crippen molar-refractivity contribution in [3.05, 3.63) is 105 Å². The first-order chi connectivity index (χ1) is 16.9. The van der Waals surface area contributed by atoms with Gasteiger partial charge in [0.25, 0.3) is 0 Å². The molecule has 5 rings (SSSR count). The van der Waals surface area contributed by atoms with E-state index in [-0.39, 0.29) is 0 Å². The highest BCUT2D eigenvalue weighted by Gasteiger charge is 2.43. The van der Waals surface area contributed by atoms with Gasteiger partial charge in [0.1, 0.15) is 0 Å². The number of aliphatic hydroxyl groups is 1. The van der Waals surface area contributed by atoms with Gasteiger partial charge in [-0.15, -0.1) is 0 Å². The van der Waals surface area contributed by atoms with Crippen molar-refractivity contribution in [2.45, 2.75) is 30.8 Å². The Balaban J connectivity index is 1.63. The van der Waals surface area contributed by atoms with Gasteiger partial charge in [-0.05, 0) is 53.9 Å². The Labute approximate surface area is 218 Å². The third kappa shape index (κ3) is 5.13. The summed E-state index contributed by atoms with van der Waals surface area (Å²) in [6, 6.07) is 26.0. The summed E-state index contributed by atoms with van der Waals surface area (Å²) in [6.45, 7) is 0.560. The van der Waals surface area contributed by atoms with Gasteiger partial charge in [-0.2, -0.15) is 0 Å². The van der Waals surface area contributed by atoms with E-state index in [0.717, 1.165) is 32.2 Å². The second kappa shape index (κ2) is 10.1. The minimum Gasteiger partial charge on any atom is -0.481 e. The number of halogens is 2. The lowest BCUT2D eigenvalue weighted by Gasteiger charge is -2.40. The monoisotopic (exact) mass is 548 g/mol. The molecule has 0 radical (unpaired) electrons. The lowest BCUT2D eigenvalue weighted by Crippen LogP contribution is -2.43. The molecule has 0 spiro atoms. The Kier molecular flexibility index (Phi) is 6.92.